The molecule has 0 atom stereocenters. The van der Waals surface area contributed by atoms with Crippen molar-refractivity contribution < 1.29 is 8.42 Å². The Labute approximate surface area is 116 Å². The Kier molecular flexibility index (Phi) is 6.23. The van der Waals surface area contributed by atoms with Gasteiger partial charge in [0.2, 0.25) is 0 Å². The third-order valence-corrected chi connectivity index (χ3v) is 6.00. The van der Waals surface area contributed by atoms with Gasteiger partial charge in [0.25, 0.3) is 10.0 Å². The van der Waals surface area contributed by atoms with Crippen molar-refractivity contribution in [1.29, 1.82) is 0 Å². The number of nitrogens with zero attached hydrogens (tertiary/aromatic N) is 1. The molecular weight excluding hydrogens is 301 g/mol. The van der Waals surface area contributed by atoms with Crippen LogP contribution in [-0.2, 0) is 10.0 Å². The fourth-order valence-corrected chi connectivity index (χ4v) is 4.77. The van der Waals surface area contributed by atoms with Crippen LogP contribution in [0.25, 0.3) is 0 Å². The highest BCUT2D eigenvalue weighted by molar-refractivity contribution is 7.91. The van der Waals surface area contributed by atoms with Crippen molar-refractivity contribution in [3.05, 3.63) is 16.5 Å². The van der Waals surface area contributed by atoms with Crippen molar-refractivity contribution in [2.45, 2.75) is 24.0 Å². The van der Waals surface area contributed by atoms with Gasteiger partial charge in [-0.3, -0.25) is 0 Å². The molecule has 0 spiro atoms. The van der Waals surface area contributed by atoms with Crippen LogP contribution in [0.3, 0.4) is 0 Å². The van der Waals surface area contributed by atoms with Gasteiger partial charge in [0.1, 0.15) is 4.21 Å². The summed E-state index contributed by atoms with van der Waals surface area (Å²) in [5.74, 6) is 0.294. The van der Waals surface area contributed by atoms with Crippen LogP contribution in [-0.4, -0.2) is 31.7 Å². The first-order valence-electron chi connectivity index (χ1n) is 5.33. The first kappa shape index (κ1) is 15.2. The second-order valence-electron chi connectivity index (χ2n) is 3.51. The molecule has 1 rings (SSSR count). The summed E-state index contributed by atoms with van der Waals surface area (Å²) in [6, 6.07) is 3.13. The summed E-state index contributed by atoms with van der Waals surface area (Å²) >= 11 is 12.5. The quantitative estimate of drug-likeness (QED) is 0.723. The second-order valence-corrected chi connectivity index (χ2v) is 7.76. The summed E-state index contributed by atoms with van der Waals surface area (Å²) in [6.07, 6.45) is 1.77. The zero-order valence-electron chi connectivity index (χ0n) is 9.53. The Hall–Kier alpha value is 0.190. The molecule has 3 nitrogen and oxygen atoms in total. The fraction of sp³-hybridized carbons (Fsp3) is 0.600. The van der Waals surface area contributed by atoms with Crippen LogP contribution in [0, 0.1) is 0 Å². The van der Waals surface area contributed by atoms with E-state index in [2.05, 4.69) is 0 Å². The van der Waals surface area contributed by atoms with Crippen LogP contribution < -0.4 is 0 Å². The van der Waals surface area contributed by atoms with Gasteiger partial charge in [-0.1, -0.05) is 24.9 Å². The summed E-state index contributed by atoms with van der Waals surface area (Å²) in [5.41, 5.74) is 0. The van der Waals surface area contributed by atoms with Crippen molar-refractivity contribution in [3.63, 3.8) is 0 Å². The van der Waals surface area contributed by atoms with Crippen molar-refractivity contribution in [2.24, 2.45) is 0 Å². The molecule has 17 heavy (non-hydrogen) atoms. The third kappa shape index (κ3) is 4.10. The van der Waals surface area contributed by atoms with Gasteiger partial charge in [0.05, 0.1) is 4.34 Å². The van der Waals surface area contributed by atoms with Crippen LogP contribution in [0.5, 0.6) is 0 Å². The maximum Gasteiger partial charge on any atom is 0.252 e. The molecular formula is C10H15Cl2NO2S2. The van der Waals surface area contributed by atoms with Gasteiger partial charge in [0, 0.05) is 19.0 Å². The van der Waals surface area contributed by atoms with Gasteiger partial charge in [-0.2, -0.15) is 4.31 Å². The number of hydrogen-bond donors (Lipinski definition) is 0. The van der Waals surface area contributed by atoms with Crippen LogP contribution in [0.15, 0.2) is 16.3 Å². The molecule has 0 bridgehead atoms. The minimum Gasteiger partial charge on any atom is -0.206 e. The van der Waals surface area contributed by atoms with Gasteiger partial charge in [0.15, 0.2) is 0 Å². The van der Waals surface area contributed by atoms with E-state index in [-0.39, 0.29) is 4.21 Å². The molecule has 1 heterocycles. The molecule has 0 N–H and O–H groups in total. The zero-order chi connectivity index (χ0) is 12.9. The van der Waals surface area contributed by atoms with Crippen molar-refractivity contribution in [3.8, 4) is 0 Å². The summed E-state index contributed by atoms with van der Waals surface area (Å²) in [7, 11) is -3.43. The SMILES string of the molecule is CCCCN(CCCl)S(=O)(=O)c1ccc(Cl)s1. The lowest BCUT2D eigenvalue weighted by atomic mass is 10.3. The number of alkyl halides is 1. The molecule has 1 aromatic rings. The number of rotatable bonds is 7. The second kappa shape index (κ2) is 6.95. The van der Waals surface area contributed by atoms with Crippen LogP contribution >= 0.6 is 34.5 Å². The Morgan fingerprint density at radius 2 is 2.06 bits per heavy atom. The topological polar surface area (TPSA) is 37.4 Å². The Morgan fingerprint density at radius 3 is 2.53 bits per heavy atom. The zero-order valence-corrected chi connectivity index (χ0v) is 12.7. The van der Waals surface area contributed by atoms with Gasteiger partial charge >= 0.3 is 0 Å². The van der Waals surface area contributed by atoms with Gasteiger partial charge in [-0.25, -0.2) is 8.42 Å². The molecule has 0 amide bonds. The van der Waals surface area contributed by atoms with Gasteiger partial charge in [-0.05, 0) is 18.6 Å². The van der Waals surface area contributed by atoms with Crippen molar-refractivity contribution >= 4 is 44.6 Å². The molecule has 0 fully saturated rings. The number of thiophene rings is 1. The highest BCUT2D eigenvalue weighted by Crippen LogP contribution is 2.28. The van der Waals surface area contributed by atoms with E-state index in [9.17, 15) is 8.42 Å². The largest absolute Gasteiger partial charge is 0.252 e. The molecule has 98 valence electrons. The van der Waals surface area contributed by atoms with Gasteiger partial charge < -0.3 is 0 Å². The molecule has 1 aromatic heterocycles. The van der Waals surface area contributed by atoms with Crippen LogP contribution in [0.4, 0.5) is 0 Å². The van der Waals surface area contributed by atoms with E-state index in [1.54, 1.807) is 6.07 Å². The minimum absolute atomic E-state index is 0.281. The minimum atomic E-state index is -3.43. The normalized spacial score (nSPS) is 12.2. The van der Waals surface area contributed by atoms with E-state index >= 15 is 0 Å². The molecule has 7 heteroatoms. The first-order valence-corrected chi connectivity index (χ1v) is 8.50. The lowest BCUT2D eigenvalue weighted by Crippen LogP contribution is -2.33. The summed E-state index contributed by atoms with van der Waals surface area (Å²) < 4.78 is 26.7. The maximum atomic E-state index is 12.3. The molecule has 0 aliphatic rings. The molecule has 0 aliphatic heterocycles. The van der Waals surface area contributed by atoms with Gasteiger partial charge in [-0.15, -0.1) is 22.9 Å². The summed E-state index contributed by atoms with van der Waals surface area (Å²) in [6.45, 7) is 2.86. The van der Waals surface area contributed by atoms with E-state index in [0.717, 1.165) is 24.2 Å². The number of unbranched alkanes of at least 4 members (excludes halogenated alkanes) is 1. The predicted molar refractivity (Wildman–Crippen MR) is 73.7 cm³/mol. The monoisotopic (exact) mass is 315 g/mol. The van der Waals surface area contributed by atoms with E-state index < -0.39 is 10.0 Å². The third-order valence-electron chi connectivity index (χ3n) is 2.24. The van der Waals surface area contributed by atoms with E-state index in [0.29, 0.717) is 23.3 Å². The number of halogens is 2. The van der Waals surface area contributed by atoms with E-state index in [1.807, 2.05) is 6.92 Å². The first-order chi connectivity index (χ1) is 8.02. The molecule has 0 aliphatic carbocycles. The Bertz CT molecular complexity index is 445. The maximum absolute atomic E-state index is 12.3. The highest BCUT2D eigenvalue weighted by atomic mass is 35.5. The predicted octanol–water partition coefficient (Wildman–Crippen LogP) is 3.43. The summed E-state index contributed by atoms with van der Waals surface area (Å²) in [5, 5.41) is 0. The molecule has 0 unspecified atom stereocenters. The lowest BCUT2D eigenvalue weighted by molar-refractivity contribution is 0.421. The average molecular weight is 316 g/mol. The molecule has 0 radical (unpaired) electrons. The summed E-state index contributed by atoms with van der Waals surface area (Å²) in [4.78, 5) is 0. The van der Waals surface area contributed by atoms with Crippen LogP contribution in [0.1, 0.15) is 19.8 Å². The smallest absolute Gasteiger partial charge is 0.206 e. The average Bonchev–Trinajstić information content (AvgIpc) is 2.71. The van der Waals surface area contributed by atoms with E-state index in [4.69, 9.17) is 23.2 Å². The molecule has 0 aromatic carbocycles. The molecule has 0 saturated heterocycles. The standard InChI is InChI=1S/C10H15Cl2NO2S2/c1-2-3-7-13(8-6-11)17(14,15)10-5-4-9(12)16-10/h4-5H,2-3,6-8H2,1H3. The van der Waals surface area contributed by atoms with Crippen molar-refractivity contribution in [1.82, 2.24) is 4.31 Å². The van der Waals surface area contributed by atoms with E-state index in [1.165, 1.54) is 10.4 Å². The highest BCUT2D eigenvalue weighted by Gasteiger charge is 2.24. The van der Waals surface area contributed by atoms with Crippen molar-refractivity contribution in [2.75, 3.05) is 19.0 Å². The Balaban J connectivity index is 2.91. The molecule has 0 saturated carbocycles. The number of sulfonamides is 1. The number of hydrogen-bond acceptors (Lipinski definition) is 3. The fourth-order valence-electron chi connectivity index (χ4n) is 1.34. The van der Waals surface area contributed by atoms with Crippen LogP contribution in [0.2, 0.25) is 4.34 Å². The lowest BCUT2D eigenvalue weighted by Gasteiger charge is -2.19. The Morgan fingerprint density at radius 1 is 1.35 bits per heavy atom.